The number of hydrogen-bond donors (Lipinski definition) is 3. The summed E-state index contributed by atoms with van der Waals surface area (Å²) in [5.41, 5.74) is 3.41. The third kappa shape index (κ3) is 3.86. The van der Waals surface area contributed by atoms with Crippen molar-refractivity contribution in [1.29, 1.82) is 0 Å². The number of hydrogen-bond acceptors (Lipinski definition) is 8. The van der Waals surface area contributed by atoms with E-state index in [-0.39, 0.29) is 17.8 Å². The van der Waals surface area contributed by atoms with Crippen LogP contribution in [0.1, 0.15) is 60.1 Å². The molecule has 0 aliphatic carbocycles. The van der Waals surface area contributed by atoms with E-state index in [2.05, 4.69) is 46.2 Å². The molecule has 0 spiro atoms. The van der Waals surface area contributed by atoms with Crippen molar-refractivity contribution >= 4 is 5.96 Å². The van der Waals surface area contributed by atoms with Gasteiger partial charge in [0.15, 0.2) is 5.16 Å². The van der Waals surface area contributed by atoms with E-state index in [0.717, 1.165) is 22.8 Å². The molecule has 158 valence electrons. The summed E-state index contributed by atoms with van der Waals surface area (Å²) in [6.45, 7) is 7.74. The largest absolute Gasteiger partial charge is 0.529 e. The number of oxime groups is 1. The molecule has 0 aliphatic heterocycles. The standard InChI is InChI=1S/C19H21N11O/c1-11-7-5-9-15(20-11)13(3)17-22-25-27-29(17)19(24-31)30-18(23-26-28-30)14(4)16-10-6-8-12(2)21-16/h5-10,13-14,31H,1-4H3/p+2. The molecule has 4 rings (SSSR count). The maximum Gasteiger partial charge on any atom is 0.529 e. The third-order valence-electron chi connectivity index (χ3n) is 5.02. The molecule has 12 nitrogen and oxygen atoms in total. The first kappa shape index (κ1) is 20.2. The number of rotatable bonds is 4. The Bertz CT molecular complexity index is 1140. The van der Waals surface area contributed by atoms with E-state index < -0.39 is 0 Å². The number of aromatic amines is 2. The van der Waals surface area contributed by atoms with Gasteiger partial charge in [-0.3, -0.25) is 9.97 Å². The zero-order valence-corrected chi connectivity index (χ0v) is 17.6. The van der Waals surface area contributed by atoms with Gasteiger partial charge >= 0.3 is 11.8 Å². The summed E-state index contributed by atoms with van der Waals surface area (Å²) in [5.74, 6) is 0.594. The lowest BCUT2D eigenvalue weighted by molar-refractivity contribution is -0.773. The van der Waals surface area contributed by atoms with Gasteiger partial charge in [-0.1, -0.05) is 21.9 Å². The van der Waals surface area contributed by atoms with Gasteiger partial charge in [0, 0.05) is 11.4 Å². The molecule has 0 aromatic carbocycles. The van der Waals surface area contributed by atoms with Crippen LogP contribution < -0.4 is 9.36 Å². The van der Waals surface area contributed by atoms with Gasteiger partial charge in [0.1, 0.15) is 11.0 Å². The number of nitrogens with one attached hydrogen (secondary N) is 2. The van der Waals surface area contributed by atoms with E-state index in [1.165, 1.54) is 9.36 Å². The summed E-state index contributed by atoms with van der Waals surface area (Å²) in [4.78, 5) is 9.13. The van der Waals surface area contributed by atoms with Crippen LogP contribution in [-0.2, 0) is 0 Å². The lowest BCUT2D eigenvalue weighted by Crippen LogP contribution is -2.67. The third-order valence-corrected chi connectivity index (χ3v) is 5.02. The Balaban J connectivity index is 1.73. The van der Waals surface area contributed by atoms with Crippen LogP contribution in [0.3, 0.4) is 0 Å². The molecular formula is C19H23N11O+2. The number of nitrogens with zero attached hydrogens (tertiary/aromatic N) is 9. The molecule has 0 saturated heterocycles. The van der Waals surface area contributed by atoms with Crippen LogP contribution in [0.15, 0.2) is 41.6 Å². The highest BCUT2D eigenvalue weighted by Gasteiger charge is 2.38. The Morgan fingerprint density at radius 1 is 0.839 bits per heavy atom. The van der Waals surface area contributed by atoms with Gasteiger partial charge in [0.2, 0.25) is 11.0 Å². The van der Waals surface area contributed by atoms with Crippen molar-refractivity contribution in [3.05, 3.63) is 70.8 Å². The first-order chi connectivity index (χ1) is 15.0. The number of aryl methyl sites for hydroxylation is 2. The van der Waals surface area contributed by atoms with Crippen molar-refractivity contribution < 1.29 is 14.6 Å². The fraction of sp³-hybridized carbons (Fsp3) is 0.316. The highest BCUT2D eigenvalue weighted by molar-refractivity contribution is 5.59. The molecule has 31 heavy (non-hydrogen) atoms. The van der Waals surface area contributed by atoms with Crippen LogP contribution in [0.5, 0.6) is 0 Å². The number of pyridine rings is 2. The lowest BCUT2D eigenvalue weighted by atomic mass is 10.1. The van der Waals surface area contributed by atoms with Gasteiger partial charge in [0.25, 0.3) is 0 Å². The molecule has 0 saturated carbocycles. The van der Waals surface area contributed by atoms with E-state index in [1.807, 2.05) is 64.1 Å². The normalized spacial score (nSPS) is 13.0. The summed E-state index contributed by atoms with van der Waals surface area (Å²) >= 11 is 0. The van der Waals surface area contributed by atoms with Crippen molar-refractivity contribution in [2.24, 2.45) is 5.16 Å². The molecule has 0 aliphatic rings. The van der Waals surface area contributed by atoms with Gasteiger partial charge in [-0.25, -0.2) is 0 Å². The zero-order valence-electron chi connectivity index (χ0n) is 17.6. The topological polar surface area (TPSA) is 149 Å². The summed E-state index contributed by atoms with van der Waals surface area (Å²) in [6.07, 6.45) is 0. The van der Waals surface area contributed by atoms with E-state index in [0.29, 0.717) is 11.6 Å². The van der Waals surface area contributed by atoms with Crippen LogP contribution in [-0.4, -0.2) is 52.2 Å². The Morgan fingerprint density at radius 2 is 1.29 bits per heavy atom. The van der Waals surface area contributed by atoms with E-state index in [9.17, 15) is 5.21 Å². The quantitative estimate of drug-likeness (QED) is 0.141. The Labute approximate surface area is 177 Å². The van der Waals surface area contributed by atoms with E-state index in [1.54, 1.807) is 0 Å². The second-order valence-electron chi connectivity index (χ2n) is 7.24. The predicted molar refractivity (Wildman–Crippen MR) is 106 cm³/mol. The summed E-state index contributed by atoms with van der Waals surface area (Å²) < 4.78 is 2.91. The van der Waals surface area contributed by atoms with Crippen LogP contribution in [0.4, 0.5) is 0 Å². The van der Waals surface area contributed by atoms with Gasteiger partial charge in [0.05, 0.1) is 17.3 Å². The number of aromatic nitrogens is 10. The van der Waals surface area contributed by atoms with Crippen molar-refractivity contribution in [2.75, 3.05) is 0 Å². The molecule has 3 N–H and O–H groups in total. The minimum absolute atomic E-state index is 0.0546. The van der Waals surface area contributed by atoms with Gasteiger partial charge in [-0.05, 0) is 67.1 Å². The molecule has 2 atom stereocenters. The van der Waals surface area contributed by atoms with E-state index >= 15 is 0 Å². The lowest BCUT2D eigenvalue weighted by Gasteiger charge is -2.08. The molecular weight excluding hydrogens is 398 g/mol. The Morgan fingerprint density at radius 3 is 1.68 bits per heavy atom. The van der Waals surface area contributed by atoms with E-state index in [4.69, 9.17) is 0 Å². The predicted octanol–water partition coefficient (Wildman–Crippen LogP) is 0.350. The summed E-state index contributed by atoms with van der Waals surface area (Å²) in [7, 11) is 0. The molecule has 0 radical (unpaired) electrons. The smallest absolute Gasteiger partial charge is 0.328 e. The highest BCUT2D eigenvalue weighted by Crippen LogP contribution is 2.19. The zero-order chi connectivity index (χ0) is 22.0. The molecule has 4 heterocycles. The first-order valence-corrected chi connectivity index (χ1v) is 9.75. The van der Waals surface area contributed by atoms with Gasteiger partial charge in [-0.15, -0.1) is 5.21 Å². The number of H-pyrrole nitrogens is 2. The molecule has 4 aromatic heterocycles. The second-order valence-corrected chi connectivity index (χ2v) is 7.24. The average molecular weight is 421 g/mol. The maximum atomic E-state index is 9.88. The van der Waals surface area contributed by atoms with Crippen LogP contribution in [0, 0.1) is 13.8 Å². The fourth-order valence-electron chi connectivity index (χ4n) is 3.35. The monoisotopic (exact) mass is 421 g/mol. The van der Waals surface area contributed by atoms with Crippen molar-refractivity contribution in [1.82, 2.24) is 41.0 Å². The molecule has 4 aromatic rings. The highest BCUT2D eigenvalue weighted by atomic mass is 16.4. The number of tetrazole rings is 2. The molecule has 0 amide bonds. The summed E-state index contributed by atoms with van der Waals surface area (Å²) in [6, 6.07) is 11.5. The average Bonchev–Trinajstić information content (AvgIpc) is 3.44. The van der Waals surface area contributed by atoms with Gasteiger partial charge in [-0.2, -0.15) is 0 Å². The molecule has 0 bridgehead atoms. The van der Waals surface area contributed by atoms with Crippen molar-refractivity contribution in [3.8, 4) is 0 Å². The molecule has 2 unspecified atom stereocenters. The first-order valence-electron chi connectivity index (χ1n) is 9.75. The SMILES string of the molecule is Cc1cccc(C(C)c2nn[nH][n+]2C(=NO)[n+]2[nH]nnc2C(C)c2cccc(C)n2)n1. The Hall–Kier alpha value is -4.09. The summed E-state index contributed by atoms with van der Waals surface area (Å²) in [5, 5.41) is 35.0. The van der Waals surface area contributed by atoms with Crippen molar-refractivity contribution in [2.45, 2.75) is 39.5 Å². The van der Waals surface area contributed by atoms with Crippen molar-refractivity contribution in [3.63, 3.8) is 0 Å². The maximum absolute atomic E-state index is 9.88. The second kappa shape index (κ2) is 8.34. The van der Waals surface area contributed by atoms with Gasteiger partial charge < -0.3 is 5.21 Å². The molecule has 0 fully saturated rings. The van der Waals surface area contributed by atoms with Crippen LogP contribution >= 0.6 is 0 Å². The van der Waals surface area contributed by atoms with Crippen LogP contribution in [0.25, 0.3) is 0 Å². The minimum Gasteiger partial charge on any atom is -0.328 e. The Kier molecular flexibility index (Phi) is 5.43. The fourth-order valence-corrected chi connectivity index (χ4v) is 3.35. The van der Waals surface area contributed by atoms with Crippen LogP contribution in [0.2, 0.25) is 0 Å². The molecule has 12 heteroatoms. The minimum atomic E-state index is -0.230.